The van der Waals surface area contributed by atoms with Gasteiger partial charge in [0.05, 0.1) is 11.0 Å². The second-order valence-corrected chi connectivity index (χ2v) is 3.80. The number of carbonyl (C=O) groups is 1. The van der Waals surface area contributed by atoms with Crippen LogP contribution in [0, 0.1) is 4.91 Å². The second kappa shape index (κ2) is 2.64. The van der Waals surface area contributed by atoms with E-state index in [-0.39, 0.29) is 5.78 Å². The molecule has 0 saturated heterocycles. The van der Waals surface area contributed by atoms with Crippen LogP contribution in [0.15, 0.2) is 29.6 Å². The van der Waals surface area contributed by atoms with Gasteiger partial charge in [0.15, 0.2) is 5.78 Å². The van der Waals surface area contributed by atoms with E-state index in [1.54, 1.807) is 38.1 Å². The molecule has 1 aromatic carbocycles. The maximum absolute atomic E-state index is 11.8. The molecule has 0 amide bonds. The summed E-state index contributed by atoms with van der Waals surface area (Å²) in [4.78, 5) is 22.5. The number of Topliss-reactive ketones (excluding diaryl/α,β-unsaturated/α-hetero) is 1. The van der Waals surface area contributed by atoms with Crippen molar-refractivity contribution in [1.82, 2.24) is 0 Å². The zero-order chi connectivity index (χ0) is 10.3. The molecule has 0 bridgehead atoms. The summed E-state index contributed by atoms with van der Waals surface area (Å²) in [5.41, 5.74) is 0.306. The quantitative estimate of drug-likeness (QED) is 0.637. The Morgan fingerprint density at radius 1 is 1.29 bits per heavy atom. The lowest BCUT2D eigenvalue weighted by Gasteiger charge is -2.23. The van der Waals surface area contributed by atoms with E-state index in [1.807, 2.05) is 0 Å². The van der Waals surface area contributed by atoms with Crippen molar-refractivity contribution in [1.29, 1.82) is 0 Å². The summed E-state index contributed by atoms with van der Waals surface area (Å²) < 4.78 is 0. The lowest BCUT2D eigenvalue weighted by Crippen LogP contribution is -2.41. The van der Waals surface area contributed by atoms with Gasteiger partial charge in [-0.2, -0.15) is 0 Å². The van der Waals surface area contributed by atoms with Gasteiger partial charge in [-0.05, 0) is 26.0 Å². The van der Waals surface area contributed by atoms with Crippen LogP contribution >= 0.6 is 0 Å². The molecule has 0 aromatic heterocycles. The highest BCUT2D eigenvalue weighted by molar-refractivity contribution is 6.13. The van der Waals surface area contributed by atoms with Crippen LogP contribution in [0.4, 0.5) is 5.69 Å². The summed E-state index contributed by atoms with van der Waals surface area (Å²) in [5.74, 6) is -0.0623. The zero-order valence-electron chi connectivity index (χ0n) is 8.02. The summed E-state index contributed by atoms with van der Waals surface area (Å²) >= 11 is 0. The molecule has 0 spiro atoms. The highest BCUT2D eigenvalue weighted by Gasteiger charge is 2.45. The van der Waals surface area contributed by atoms with E-state index in [0.717, 1.165) is 0 Å². The van der Waals surface area contributed by atoms with E-state index in [9.17, 15) is 9.70 Å². The predicted molar refractivity (Wildman–Crippen MR) is 53.1 cm³/mol. The van der Waals surface area contributed by atoms with Gasteiger partial charge in [0.1, 0.15) is 5.54 Å². The Kier molecular flexibility index (Phi) is 1.67. The van der Waals surface area contributed by atoms with E-state index in [1.165, 1.54) is 5.01 Å². The SMILES string of the molecule is CC1(C)C(=O)c2ccccc2N1N=O. The molecule has 0 atom stereocenters. The van der Waals surface area contributed by atoms with Crippen LogP contribution in [0.3, 0.4) is 0 Å². The van der Waals surface area contributed by atoms with Crippen LogP contribution in [-0.4, -0.2) is 11.3 Å². The third-order valence-corrected chi connectivity index (χ3v) is 2.54. The van der Waals surface area contributed by atoms with Gasteiger partial charge in [0, 0.05) is 5.56 Å². The summed E-state index contributed by atoms with van der Waals surface area (Å²) in [5, 5.41) is 4.12. The number of hydrogen-bond donors (Lipinski definition) is 0. The molecule has 1 heterocycles. The van der Waals surface area contributed by atoms with Gasteiger partial charge in [-0.25, -0.2) is 5.01 Å². The molecule has 4 nitrogen and oxygen atoms in total. The van der Waals surface area contributed by atoms with E-state index in [0.29, 0.717) is 11.3 Å². The third kappa shape index (κ3) is 0.907. The fraction of sp³-hybridized carbons (Fsp3) is 0.300. The van der Waals surface area contributed by atoms with Crippen LogP contribution in [0.2, 0.25) is 0 Å². The molecular weight excluding hydrogens is 180 g/mol. The first-order chi connectivity index (χ1) is 6.59. The first kappa shape index (κ1) is 8.87. The maximum atomic E-state index is 11.8. The predicted octanol–water partition coefficient (Wildman–Crippen LogP) is 2.15. The Labute approximate surface area is 81.5 Å². The molecule has 14 heavy (non-hydrogen) atoms. The Morgan fingerprint density at radius 2 is 1.93 bits per heavy atom. The zero-order valence-corrected chi connectivity index (χ0v) is 8.02. The summed E-state index contributed by atoms with van der Waals surface area (Å²) in [7, 11) is 0. The normalized spacial score (nSPS) is 18.1. The second-order valence-electron chi connectivity index (χ2n) is 3.80. The van der Waals surface area contributed by atoms with Gasteiger partial charge in [-0.1, -0.05) is 12.1 Å². The molecular formula is C10H10N2O2. The lowest BCUT2D eigenvalue weighted by molar-refractivity contribution is 0.0924. The topological polar surface area (TPSA) is 49.7 Å². The van der Waals surface area contributed by atoms with Crippen LogP contribution in [0.25, 0.3) is 0 Å². The van der Waals surface area contributed by atoms with Gasteiger partial charge >= 0.3 is 0 Å². The van der Waals surface area contributed by atoms with Crippen molar-refractivity contribution in [2.45, 2.75) is 19.4 Å². The minimum Gasteiger partial charge on any atom is -0.291 e. The molecule has 0 radical (unpaired) electrons. The summed E-state index contributed by atoms with van der Waals surface area (Å²) in [6.45, 7) is 3.38. The molecule has 0 saturated carbocycles. The number of rotatable bonds is 1. The van der Waals surface area contributed by atoms with Gasteiger partial charge in [-0.3, -0.25) is 4.79 Å². The number of anilines is 1. The van der Waals surface area contributed by atoms with E-state index < -0.39 is 5.54 Å². The Morgan fingerprint density at radius 3 is 2.57 bits per heavy atom. The van der Waals surface area contributed by atoms with Gasteiger partial charge < -0.3 is 0 Å². The van der Waals surface area contributed by atoms with Crippen LogP contribution in [0.5, 0.6) is 0 Å². The number of nitrogens with zero attached hydrogens (tertiary/aromatic N) is 2. The standard InChI is InChI=1S/C10H10N2O2/c1-10(2)9(13)7-5-3-4-6-8(7)12(10)11-14/h3-6H,1-2H3. The van der Waals surface area contributed by atoms with Crippen molar-refractivity contribution in [3.8, 4) is 0 Å². The van der Waals surface area contributed by atoms with Gasteiger partial charge in [-0.15, -0.1) is 4.91 Å². The molecule has 0 N–H and O–H groups in total. The number of fused-ring (bicyclic) bond motifs is 1. The average molecular weight is 190 g/mol. The number of benzene rings is 1. The van der Waals surface area contributed by atoms with Gasteiger partial charge in [0.2, 0.25) is 0 Å². The minimum absolute atomic E-state index is 0.0623. The Hall–Kier alpha value is -1.71. The van der Waals surface area contributed by atoms with Crippen LogP contribution < -0.4 is 5.01 Å². The largest absolute Gasteiger partial charge is 0.291 e. The third-order valence-electron chi connectivity index (χ3n) is 2.54. The Balaban J connectivity index is 2.66. The molecule has 4 heteroatoms. The molecule has 0 unspecified atom stereocenters. The fourth-order valence-corrected chi connectivity index (χ4v) is 1.72. The van der Waals surface area contributed by atoms with E-state index >= 15 is 0 Å². The number of carbonyl (C=O) groups excluding carboxylic acids is 1. The van der Waals surface area contributed by atoms with E-state index in [4.69, 9.17) is 0 Å². The Bertz CT molecular complexity index is 412. The number of nitroso groups, excluding NO2 is 1. The van der Waals surface area contributed by atoms with Crippen LogP contribution in [-0.2, 0) is 0 Å². The molecule has 2 rings (SSSR count). The monoisotopic (exact) mass is 190 g/mol. The summed E-state index contributed by atoms with van der Waals surface area (Å²) in [6.07, 6.45) is 0. The van der Waals surface area contributed by atoms with Crippen molar-refractivity contribution in [3.63, 3.8) is 0 Å². The van der Waals surface area contributed by atoms with Crippen molar-refractivity contribution < 1.29 is 4.79 Å². The van der Waals surface area contributed by atoms with Crippen molar-refractivity contribution in [3.05, 3.63) is 34.7 Å². The smallest absolute Gasteiger partial charge is 0.192 e. The molecule has 0 aliphatic carbocycles. The molecule has 1 aromatic rings. The number of hydrogen-bond acceptors (Lipinski definition) is 3. The number of para-hydroxylation sites is 1. The fourth-order valence-electron chi connectivity index (χ4n) is 1.72. The lowest BCUT2D eigenvalue weighted by atomic mass is 9.98. The highest BCUT2D eigenvalue weighted by Crippen LogP contribution is 2.38. The van der Waals surface area contributed by atoms with Crippen LogP contribution in [0.1, 0.15) is 24.2 Å². The van der Waals surface area contributed by atoms with E-state index in [2.05, 4.69) is 5.29 Å². The van der Waals surface area contributed by atoms with Crippen molar-refractivity contribution in [2.24, 2.45) is 5.29 Å². The van der Waals surface area contributed by atoms with Crippen molar-refractivity contribution in [2.75, 3.05) is 5.01 Å². The molecule has 1 aliphatic rings. The highest BCUT2D eigenvalue weighted by atomic mass is 16.3. The van der Waals surface area contributed by atoms with Gasteiger partial charge in [0.25, 0.3) is 0 Å². The molecule has 72 valence electrons. The number of ketones is 1. The molecule has 1 aliphatic heterocycles. The van der Waals surface area contributed by atoms with Crippen molar-refractivity contribution >= 4 is 11.5 Å². The first-order valence-electron chi connectivity index (χ1n) is 4.36. The maximum Gasteiger partial charge on any atom is 0.192 e. The average Bonchev–Trinajstić information content (AvgIpc) is 2.36. The molecule has 0 fully saturated rings. The first-order valence-corrected chi connectivity index (χ1v) is 4.36. The summed E-state index contributed by atoms with van der Waals surface area (Å²) in [6, 6.07) is 7.00. The minimum atomic E-state index is -0.856.